The molecule has 2 fully saturated rings. The number of hydrogen-bond acceptors (Lipinski definition) is 8. The number of benzene rings is 1. The van der Waals surface area contributed by atoms with Gasteiger partial charge in [0.2, 0.25) is 11.8 Å². The van der Waals surface area contributed by atoms with Gasteiger partial charge in [0.05, 0.1) is 29.7 Å². The minimum Gasteiger partial charge on any atom is -0.507 e. The van der Waals surface area contributed by atoms with Gasteiger partial charge in [-0.1, -0.05) is 32.0 Å². The molecule has 1 aromatic carbocycles. The maximum absolute atomic E-state index is 13.7. The SMILES string of the molecule is C[C@H]1CC(=O)C(C2CCO2)NC(=O)[C@H](C)[C@H](O)[C@H](Cc2cccnc2)NC(=O)[C@H]1NC(=O)c1ccccc1O. The number of Topliss-reactive ketones (excluding diaryl/α,β-unsaturated/α-hetero) is 1. The Morgan fingerprint density at radius 3 is 2.49 bits per heavy atom. The molecule has 0 spiro atoms. The lowest BCUT2D eigenvalue weighted by Gasteiger charge is -2.37. The summed E-state index contributed by atoms with van der Waals surface area (Å²) in [7, 11) is 0. The maximum Gasteiger partial charge on any atom is 0.255 e. The minimum absolute atomic E-state index is 0.0245. The number of pyridine rings is 1. The summed E-state index contributed by atoms with van der Waals surface area (Å²) in [5.74, 6) is -4.12. The van der Waals surface area contributed by atoms with E-state index in [-0.39, 0.29) is 29.9 Å². The first-order valence-electron chi connectivity index (χ1n) is 13.1. The molecule has 4 rings (SSSR count). The zero-order valence-corrected chi connectivity index (χ0v) is 21.9. The molecule has 5 N–H and O–H groups in total. The first-order valence-corrected chi connectivity index (χ1v) is 13.1. The summed E-state index contributed by atoms with van der Waals surface area (Å²) in [5, 5.41) is 29.6. The van der Waals surface area contributed by atoms with E-state index in [2.05, 4.69) is 20.9 Å². The summed E-state index contributed by atoms with van der Waals surface area (Å²) in [6, 6.07) is 6.40. The fourth-order valence-corrected chi connectivity index (χ4v) is 4.90. The van der Waals surface area contributed by atoms with E-state index in [1.54, 1.807) is 43.6 Å². The van der Waals surface area contributed by atoms with E-state index in [9.17, 15) is 29.4 Å². The Kier molecular flexibility index (Phi) is 8.93. The van der Waals surface area contributed by atoms with Crippen LogP contribution in [0.2, 0.25) is 0 Å². The Bertz CT molecular complexity index is 1200. The third-order valence-electron chi connectivity index (χ3n) is 7.40. The first-order chi connectivity index (χ1) is 18.7. The van der Waals surface area contributed by atoms with Crippen molar-refractivity contribution >= 4 is 23.5 Å². The number of carbonyl (C=O) groups is 4. The van der Waals surface area contributed by atoms with Crippen LogP contribution in [0.4, 0.5) is 0 Å². The number of nitrogens with zero attached hydrogens (tertiary/aromatic N) is 1. The molecule has 7 atom stereocenters. The van der Waals surface area contributed by atoms with Crippen molar-refractivity contribution in [2.75, 3.05) is 6.61 Å². The normalized spacial score (nSPS) is 30.1. The van der Waals surface area contributed by atoms with Crippen molar-refractivity contribution in [2.45, 2.75) is 63.4 Å². The third kappa shape index (κ3) is 6.61. The van der Waals surface area contributed by atoms with Crippen LogP contribution in [0.5, 0.6) is 5.75 Å². The van der Waals surface area contributed by atoms with Crippen LogP contribution in [0.1, 0.15) is 42.6 Å². The Labute approximate surface area is 226 Å². The number of amides is 3. The van der Waals surface area contributed by atoms with Crippen LogP contribution in [0.15, 0.2) is 48.8 Å². The van der Waals surface area contributed by atoms with Crippen molar-refractivity contribution in [3.05, 3.63) is 59.9 Å². The topological polar surface area (TPSA) is 167 Å². The Morgan fingerprint density at radius 1 is 1.10 bits per heavy atom. The molecule has 208 valence electrons. The average Bonchev–Trinajstić information content (AvgIpc) is 2.89. The van der Waals surface area contributed by atoms with Crippen LogP contribution in [-0.2, 0) is 25.5 Å². The zero-order valence-electron chi connectivity index (χ0n) is 21.9. The molecule has 1 aromatic heterocycles. The number of hydrogen-bond donors (Lipinski definition) is 5. The van der Waals surface area contributed by atoms with E-state index < -0.39 is 59.9 Å². The smallest absolute Gasteiger partial charge is 0.255 e. The number of aromatic hydroxyl groups is 1. The summed E-state index contributed by atoms with van der Waals surface area (Å²) >= 11 is 0. The molecule has 3 amide bonds. The van der Waals surface area contributed by atoms with E-state index in [0.29, 0.717) is 13.0 Å². The van der Waals surface area contributed by atoms with Gasteiger partial charge in [-0.25, -0.2) is 0 Å². The van der Waals surface area contributed by atoms with Gasteiger partial charge < -0.3 is 30.9 Å². The fourth-order valence-electron chi connectivity index (χ4n) is 4.90. The van der Waals surface area contributed by atoms with Gasteiger partial charge in [-0.2, -0.15) is 0 Å². The van der Waals surface area contributed by atoms with Crippen LogP contribution in [-0.4, -0.2) is 75.6 Å². The number of rotatable bonds is 5. The van der Waals surface area contributed by atoms with E-state index in [0.717, 1.165) is 5.56 Å². The predicted molar refractivity (Wildman–Crippen MR) is 139 cm³/mol. The summed E-state index contributed by atoms with van der Waals surface area (Å²) in [6.07, 6.45) is 1.99. The number of nitrogens with one attached hydrogen (secondary N) is 3. The molecule has 39 heavy (non-hydrogen) atoms. The number of carbonyl (C=O) groups excluding carboxylic acids is 4. The van der Waals surface area contributed by atoms with Gasteiger partial charge in [-0.3, -0.25) is 24.2 Å². The van der Waals surface area contributed by atoms with E-state index in [1.165, 1.54) is 19.1 Å². The molecule has 11 nitrogen and oxygen atoms in total. The lowest BCUT2D eigenvalue weighted by atomic mass is 9.86. The second kappa shape index (κ2) is 12.4. The molecule has 0 saturated carbocycles. The van der Waals surface area contributed by atoms with Crippen LogP contribution in [0.25, 0.3) is 0 Å². The second-order valence-corrected chi connectivity index (χ2v) is 10.3. The number of ether oxygens (including phenoxy) is 1. The third-order valence-corrected chi connectivity index (χ3v) is 7.40. The first kappa shape index (κ1) is 28.2. The lowest BCUT2D eigenvalue weighted by molar-refractivity contribution is -0.143. The summed E-state index contributed by atoms with van der Waals surface area (Å²) < 4.78 is 5.51. The molecule has 3 heterocycles. The van der Waals surface area contributed by atoms with Gasteiger partial charge in [-0.05, 0) is 42.5 Å². The number of phenols is 1. The lowest BCUT2D eigenvalue weighted by Crippen LogP contribution is -2.61. The zero-order chi connectivity index (χ0) is 28.1. The van der Waals surface area contributed by atoms with Gasteiger partial charge >= 0.3 is 0 Å². The van der Waals surface area contributed by atoms with Gasteiger partial charge in [0, 0.05) is 25.4 Å². The summed E-state index contributed by atoms with van der Waals surface area (Å²) in [4.78, 5) is 57.3. The molecule has 2 aliphatic rings. The van der Waals surface area contributed by atoms with Crippen LogP contribution >= 0.6 is 0 Å². The molecule has 2 aromatic rings. The molecule has 0 aliphatic carbocycles. The summed E-state index contributed by atoms with van der Waals surface area (Å²) in [6.45, 7) is 3.64. The molecule has 2 unspecified atom stereocenters. The highest BCUT2D eigenvalue weighted by molar-refractivity contribution is 6.00. The van der Waals surface area contributed by atoms with Crippen LogP contribution in [0.3, 0.4) is 0 Å². The van der Waals surface area contributed by atoms with Crippen LogP contribution < -0.4 is 16.0 Å². The van der Waals surface area contributed by atoms with Gasteiger partial charge in [0.15, 0.2) is 5.78 Å². The van der Waals surface area contributed by atoms with Crippen molar-refractivity contribution in [3.8, 4) is 5.75 Å². The van der Waals surface area contributed by atoms with Gasteiger partial charge in [0.1, 0.15) is 17.8 Å². The number of phenolic OH excluding ortho intramolecular Hbond substituents is 1. The number of aliphatic hydroxyl groups excluding tert-OH is 1. The van der Waals surface area contributed by atoms with Gasteiger partial charge in [0.25, 0.3) is 5.91 Å². The monoisotopic (exact) mass is 538 g/mol. The highest BCUT2D eigenvalue weighted by Crippen LogP contribution is 2.23. The van der Waals surface area contributed by atoms with Crippen molar-refractivity contribution in [3.63, 3.8) is 0 Å². The minimum atomic E-state index is -1.32. The van der Waals surface area contributed by atoms with E-state index >= 15 is 0 Å². The average molecular weight is 539 g/mol. The molecular formula is C28H34N4O7. The van der Waals surface area contributed by atoms with Crippen molar-refractivity contribution in [1.82, 2.24) is 20.9 Å². The Balaban J connectivity index is 1.67. The fraction of sp³-hybridized carbons (Fsp3) is 0.464. The second-order valence-electron chi connectivity index (χ2n) is 10.3. The van der Waals surface area contributed by atoms with E-state index in [4.69, 9.17) is 4.74 Å². The Hall–Kier alpha value is -3.83. The highest BCUT2D eigenvalue weighted by Gasteiger charge is 2.41. The molecule has 11 heteroatoms. The molecule has 2 aliphatic heterocycles. The standard InChI is InChI=1S/C28H34N4O7/c1-15-12-21(34)24(22-9-11-39-22)32-26(36)16(2)25(35)19(13-17-6-5-10-29-14-17)30-28(38)23(15)31-27(37)18-7-3-4-8-20(18)33/h3-8,10,14-16,19,22-25,33,35H,9,11-13H2,1-2H3,(H,30,38)(H,31,37)(H,32,36)/t15-,16+,19-,22?,23-,24?,25-/m0/s1. The van der Waals surface area contributed by atoms with Crippen molar-refractivity contribution in [2.24, 2.45) is 11.8 Å². The number of ketones is 1. The Morgan fingerprint density at radius 2 is 1.85 bits per heavy atom. The molecule has 0 radical (unpaired) electrons. The molecule has 0 bridgehead atoms. The van der Waals surface area contributed by atoms with Gasteiger partial charge in [-0.15, -0.1) is 0 Å². The quantitative estimate of drug-likeness (QED) is 0.367. The molecular weight excluding hydrogens is 504 g/mol. The number of para-hydroxylation sites is 1. The molecule has 2 saturated heterocycles. The maximum atomic E-state index is 13.7. The highest BCUT2D eigenvalue weighted by atomic mass is 16.5. The van der Waals surface area contributed by atoms with E-state index in [1.807, 2.05) is 0 Å². The largest absolute Gasteiger partial charge is 0.507 e. The predicted octanol–water partition coefficient (Wildman–Crippen LogP) is 0.493. The number of aliphatic hydroxyl groups is 1. The van der Waals surface area contributed by atoms with Crippen LogP contribution in [0, 0.1) is 11.8 Å². The van der Waals surface area contributed by atoms with Crippen molar-refractivity contribution in [1.29, 1.82) is 0 Å². The van der Waals surface area contributed by atoms with Crippen molar-refractivity contribution < 1.29 is 34.1 Å². The number of aromatic nitrogens is 1. The summed E-state index contributed by atoms with van der Waals surface area (Å²) in [5.41, 5.74) is 0.698.